The molecule has 0 aliphatic rings. The van der Waals surface area contributed by atoms with Crippen LogP contribution in [0.4, 0.5) is 0 Å². The number of carboxylic acid groups (broad SMARTS) is 1. The topological polar surface area (TPSA) is 68.0 Å². The van der Waals surface area contributed by atoms with Crippen molar-refractivity contribution in [3.63, 3.8) is 0 Å². The minimum atomic E-state index is -0.995. The summed E-state index contributed by atoms with van der Waals surface area (Å²) in [6, 6.07) is 14.7. The molecule has 0 radical (unpaired) electrons. The molecule has 0 atom stereocenters. The van der Waals surface area contributed by atoms with Gasteiger partial charge in [-0.3, -0.25) is 4.57 Å². The average Bonchev–Trinajstić information content (AvgIpc) is 3.19. The van der Waals surface area contributed by atoms with E-state index in [-0.39, 0.29) is 4.88 Å². The predicted octanol–water partition coefficient (Wildman–Crippen LogP) is 4.50. The van der Waals surface area contributed by atoms with Crippen molar-refractivity contribution in [1.29, 1.82) is 0 Å². The predicted molar refractivity (Wildman–Crippen MR) is 94.1 cm³/mol. The number of carboxylic acids is 1. The van der Waals surface area contributed by atoms with E-state index in [9.17, 15) is 9.90 Å². The second kappa shape index (κ2) is 5.74. The van der Waals surface area contributed by atoms with Gasteiger partial charge in [0.25, 0.3) is 0 Å². The quantitative estimate of drug-likeness (QED) is 0.587. The van der Waals surface area contributed by atoms with Crippen LogP contribution in [0.2, 0.25) is 5.02 Å². The molecular weight excluding hydrogens is 346 g/mol. The lowest BCUT2D eigenvalue weighted by Gasteiger charge is -1.99. The summed E-state index contributed by atoms with van der Waals surface area (Å²) in [5.74, 6) is -0.995. The number of carbonyl (C=O) groups is 1. The molecule has 1 N–H and O–H groups in total. The number of fused-ring (bicyclic) bond motifs is 1. The number of halogens is 1. The van der Waals surface area contributed by atoms with Crippen molar-refractivity contribution in [2.45, 2.75) is 0 Å². The van der Waals surface area contributed by atoms with E-state index in [1.807, 2.05) is 36.4 Å². The molecule has 24 heavy (non-hydrogen) atoms. The van der Waals surface area contributed by atoms with Crippen molar-refractivity contribution < 1.29 is 9.90 Å². The van der Waals surface area contributed by atoms with Crippen LogP contribution in [-0.2, 0) is 0 Å². The Morgan fingerprint density at radius 1 is 1.17 bits per heavy atom. The first kappa shape index (κ1) is 14.9. The molecule has 4 aromatic rings. The maximum atomic E-state index is 11.6. The third-order valence-electron chi connectivity index (χ3n) is 3.57. The summed E-state index contributed by atoms with van der Waals surface area (Å²) in [5, 5.41) is 10.7. The van der Waals surface area contributed by atoms with Crippen LogP contribution >= 0.6 is 22.9 Å². The maximum absolute atomic E-state index is 11.6. The number of aromatic nitrogens is 3. The van der Waals surface area contributed by atoms with Crippen LogP contribution in [0.5, 0.6) is 0 Å². The Hall–Kier alpha value is -2.70. The van der Waals surface area contributed by atoms with Crippen molar-refractivity contribution in [3.8, 4) is 16.4 Å². The van der Waals surface area contributed by atoms with Gasteiger partial charge < -0.3 is 5.11 Å². The number of hydrogen-bond donors (Lipinski definition) is 1. The highest BCUT2D eigenvalue weighted by molar-refractivity contribution is 7.16. The highest BCUT2D eigenvalue weighted by Crippen LogP contribution is 2.32. The Morgan fingerprint density at radius 3 is 2.71 bits per heavy atom. The van der Waals surface area contributed by atoms with Crippen molar-refractivity contribution in [2.75, 3.05) is 0 Å². The van der Waals surface area contributed by atoms with Gasteiger partial charge in [-0.1, -0.05) is 53.3 Å². The molecule has 2 aromatic carbocycles. The number of imidazole rings is 1. The fraction of sp³-hybridized carbons (Fsp3) is 0. The third-order valence-corrected chi connectivity index (χ3v) is 4.85. The van der Waals surface area contributed by atoms with Crippen molar-refractivity contribution in [1.82, 2.24) is 14.5 Å². The fourth-order valence-electron chi connectivity index (χ4n) is 2.49. The Kier molecular flexibility index (Phi) is 3.55. The third kappa shape index (κ3) is 2.46. The van der Waals surface area contributed by atoms with Gasteiger partial charge in [0.2, 0.25) is 0 Å². The van der Waals surface area contributed by atoms with Gasteiger partial charge >= 0.3 is 5.97 Å². The highest BCUT2D eigenvalue weighted by Gasteiger charge is 2.20. The molecule has 2 heterocycles. The standard InChI is InChI=1S/C17H10ClN3O2S/c18-11-6-7-13-12(8-11)19-9-21(13)17-20-14(15(24-17)16(22)23)10-4-2-1-3-5-10/h1-9H,(H,22,23). The van der Waals surface area contributed by atoms with E-state index in [0.29, 0.717) is 15.8 Å². The summed E-state index contributed by atoms with van der Waals surface area (Å²) < 4.78 is 1.77. The number of aromatic carboxylic acids is 1. The zero-order valence-electron chi connectivity index (χ0n) is 12.2. The summed E-state index contributed by atoms with van der Waals surface area (Å²) in [6.45, 7) is 0. The first-order valence-corrected chi connectivity index (χ1v) is 8.25. The van der Waals surface area contributed by atoms with Crippen LogP contribution in [0.25, 0.3) is 27.4 Å². The van der Waals surface area contributed by atoms with Crippen molar-refractivity contribution in [3.05, 3.63) is 64.8 Å². The Bertz CT molecular complexity index is 1060. The molecule has 5 nitrogen and oxygen atoms in total. The second-order valence-corrected chi connectivity index (χ2v) is 6.51. The Morgan fingerprint density at radius 2 is 1.96 bits per heavy atom. The van der Waals surface area contributed by atoms with Gasteiger partial charge in [0.05, 0.1) is 16.7 Å². The van der Waals surface area contributed by atoms with E-state index in [4.69, 9.17) is 11.6 Å². The lowest BCUT2D eigenvalue weighted by molar-refractivity contribution is 0.0702. The molecule has 0 saturated heterocycles. The summed E-state index contributed by atoms with van der Waals surface area (Å²) in [6.07, 6.45) is 1.63. The summed E-state index contributed by atoms with van der Waals surface area (Å²) in [4.78, 5) is 20.7. The molecule has 0 spiro atoms. The van der Waals surface area contributed by atoms with Gasteiger partial charge in [-0.05, 0) is 18.2 Å². The zero-order chi connectivity index (χ0) is 16.7. The summed E-state index contributed by atoms with van der Waals surface area (Å²) >= 11 is 7.10. The van der Waals surface area contributed by atoms with Crippen LogP contribution in [0.15, 0.2) is 54.9 Å². The number of thiazole rings is 1. The summed E-state index contributed by atoms with van der Waals surface area (Å²) in [7, 11) is 0. The van der Waals surface area contributed by atoms with Crippen molar-refractivity contribution in [2.24, 2.45) is 0 Å². The van der Waals surface area contributed by atoms with Gasteiger partial charge in [-0.15, -0.1) is 0 Å². The smallest absolute Gasteiger partial charge is 0.348 e. The average molecular weight is 356 g/mol. The van der Waals surface area contributed by atoms with Crippen LogP contribution in [0, 0.1) is 0 Å². The van der Waals surface area contributed by atoms with Gasteiger partial charge in [0, 0.05) is 10.6 Å². The lowest BCUT2D eigenvalue weighted by atomic mass is 10.1. The van der Waals surface area contributed by atoms with E-state index in [0.717, 1.165) is 27.9 Å². The van der Waals surface area contributed by atoms with E-state index in [2.05, 4.69) is 9.97 Å². The maximum Gasteiger partial charge on any atom is 0.348 e. The number of hydrogen-bond acceptors (Lipinski definition) is 4. The first-order chi connectivity index (χ1) is 11.6. The van der Waals surface area contributed by atoms with Gasteiger partial charge in [-0.25, -0.2) is 14.8 Å². The number of nitrogens with zero attached hydrogens (tertiary/aromatic N) is 3. The van der Waals surface area contributed by atoms with Gasteiger partial charge in [0.1, 0.15) is 11.2 Å². The van der Waals surface area contributed by atoms with Crippen LogP contribution in [-0.4, -0.2) is 25.6 Å². The Balaban J connectivity index is 1.91. The lowest BCUT2D eigenvalue weighted by Crippen LogP contribution is -1.95. The van der Waals surface area contributed by atoms with E-state index in [1.54, 1.807) is 23.0 Å². The molecule has 2 aromatic heterocycles. The molecule has 118 valence electrons. The minimum Gasteiger partial charge on any atom is -0.477 e. The zero-order valence-corrected chi connectivity index (χ0v) is 13.8. The van der Waals surface area contributed by atoms with Crippen LogP contribution in [0.1, 0.15) is 9.67 Å². The van der Waals surface area contributed by atoms with E-state index >= 15 is 0 Å². The second-order valence-electron chi connectivity index (χ2n) is 5.09. The van der Waals surface area contributed by atoms with Gasteiger partial charge in [-0.2, -0.15) is 0 Å². The molecule has 7 heteroatoms. The molecule has 0 amide bonds. The van der Waals surface area contributed by atoms with Crippen LogP contribution in [0.3, 0.4) is 0 Å². The highest BCUT2D eigenvalue weighted by atomic mass is 35.5. The SMILES string of the molecule is O=C(O)c1sc(-n2cnc3cc(Cl)ccc32)nc1-c1ccccc1. The summed E-state index contributed by atoms with van der Waals surface area (Å²) in [5.41, 5.74) is 2.78. The molecule has 0 bridgehead atoms. The fourth-order valence-corrected chi connectivity index (χ4v) is 3.56. The Labute approximate surface area is 145 Å². The molecule has 0 unspecified atom stereocenters. The minimum absolute atomic E-state index is 0.201. The van der Waals surface area contributed by atoms with Gasteiger partial charge in [0.15, 0.2) is 5.13 Å². The molecule has 0 aliphatic heterocycles. The molecule has 4 rings (SSSR count). The molecule has 0 fully saturated rings. The molecule has 0 aliphatic carbocycles. The van der Waals surface area contributed by atoms with Crippen molar-refractivity contribution >= 4 is 39.9 Å². The number of benzene rings is 2. The first-order valence-electron chi connectivity index (χ1n) is 7.06. The number of rotatable bonds is 3. The molecular formula is C17H10ClN3O2S. The molecule has 0 saturated carbocycles. The van der Waals surface area contributed by atoms with E-state index in [1.165, 1.54) is 0 Å². The van der Waals surface area contributed by atoms with Crippen LogP contribution < -0.4 is 0 Å². The monoisotopic (exact) mass is 355 g/mol. The largest absolute Gasteiger partial charge is 0.477 e. The van der Waals surface area contributed by atoms with E-state index < -0.39 is 5.97 Å². The normalized spacial score (nSPS) is 11.0.